The molecule has 1 atom stereocenters. The molecule has 1 aromatic heterocycles. The Kier molecular flexibility index (Phi) is 9.57. The standard InChI is InChI=1S/C24H27Cl2N3O4/c25-20-9-8-17(12-21(20)26)15-32-10-11-33-23-7-2-1-4-18(23)5-3-6-19(30)13-29-14-22(24(27)31)28-16-29/h1-2,4,7-9,12,14,16,19,30H,3,5-6,10-11,13,15H2,(H2,27,31). The van der Waals surface area contributed by atoms with E-state index in [4.69, 9.17) is 38.4 Å². The number of aryl methyl sites for hydroxylation is 1. The number of amides is 1. The first-order valence-corrected chi connectivity index (χ1v) is 11.4. The highest BCUT2D eigenvalue weighted by atomic mass is 35.5. The van der Waals surface area contributed by atoms with E-state index < -0.39 is 12.0 Å². The molecule has 1 amide bonds. The van der Waals surface area contributed by atoms with E-state index in [0.29, 0.717) is 42.8 Å². The summed E-state index contributed by atoms with van der Waals surface area (Å²) in [4.78, 5) is 15.0. The van der Waals surface area contributed by atoms with Crippen LogP contribution in [0, 0.1) is 0 Å². The van der Waals surface area contributed by atoms with E-state index in [1.165, 1.54) is 12.5 Å². The summed E-state index contributed by atoms with van der Waals surface area (Å²) in [6.07, 6.45) is 4.64. The summed E-state index contributed by atoms with van der Waals surface area (Å²) in [6, 6.07) is 13.3. The Labute approximate surface area is 203 Å². The van der Waals surface area contributed by atoms with Crippen LogP contribution in [-0.2, 0) is 24.3 Å². The summed E-state index contributed by atoms with van der Waals surface area (Å²) < 4.78 is 13.2. The van der Waals surface area contributed by atoms with Crippen LogP contribution in [0.15, 0.2) is 55.0 Å². The minimum absolute atomic E-state index is 0.189. The highest BCUT2D eigenvalue weighted by Gasteiger charge is 2.10. The van der Waals surface area contributed by atoms with Gasteiger partial charge in [0.05, 0.1) is 35.7 Å². The molecule has 1 heterocycles. The number of para-hydroxylation sites is 1. The van der Waals surface area contributed by atoms with Crippen molar-refractivity contribution in [3.05, 3.63) is 81.9 Å². The van der Waals surface area contributed by atoms with Crippen LogP contribution in [0.1, 0.15) is 34.5 Å². The number of nitrogens with two attached hydrogens (primary N) is 1. The Morgan fingerprint density at radius 1 is 1.15 bits per heavy atom. The summed E-state index contributed by atoms with van der Waals surface area (Å²) in [5, 5.41) is 11.3. The number of hydrogen-bond acceptors (Lipinski definition) is 5. The van der Waals surface area contributed by atoms with Gasteiger partial charge in [0, 0.05) is 12.7 Å². The molecule has 7 nitrogen and oxygen atoms in total. The fourth-order valence-corrected chi connectivity index (χ4v) is 3.65. The lowest BCUT2D eigenvalue weighted by molar-refractivity contribution is 0.0885. The highest BCUT2D eigenvalue weighted by molar-refractivity contribution is 6.42. The van der Waals surface area contributed by atoms with Crippen molar-refractivity contribution < 1.29 is 19.4 Å². The van der Waals surface area contributed by atoms with Crippen LogP contribution in [0.4, 0.5) is 0 Å². The molecule has 0 aliphatic rings. The van der Waals surface area contributed by atoms with E-state index in [9.17, 15) is 9.90 Å². The summed E-state index contributed by atoms with van der Waals surface area (Å²) >= 11 is 11.9. The van der Waals surface area contributed by atoms with Crippen LogP contribution >= 0.6 is 23.2 Å². The molecule has 2 aromatic carbocycles. The van der Waals surface area contributed by atoms with Gasteiger partial charge < -0.3 is 24.9 Å². The van der Waals surface area contributed by atoms with Gasteiger partial charge in [-0.15, -0.1) is 0 Å². The predicted molar refractivity (Wildman–Crippen MR) is 128 cm³/mol. The molecule has 0 radical (unpaired) electrons. The number of aromatic nitrogens is 2. The first-order valence-electron chi connectivity index (χ1n) is 10.6. The summed E-state index contributed by atoms with van der Waals surface area (Å²) in [5.74, 6) is 0.227. The van der Waals surface area contributed by atoms with Crippen LogP contribution in [0.5, 0.6) is 5.75 Å². The Balaban J connectivity index is 1.38. The van der Waals surface area contributed by atoms with Crippen molar-refractivity contribution in [1.29, 1.82) is 0 Å². The number of rotatable bonds is 13. The number of benzene rings is 2. The van der Waals surface area contributed by atoms with Crippen molar-refractivity contribution in [2.24, 2.45) is 5.73 Å². The largest absolute Gasteiger partial charge is 0.491 e. The van der Waals surface area contributed by atoms with Gasteiger partial charge in [-0.1, -0.05) is 47.5 Å². The molecule has 0 fully saturated rings. The lowest BCUT2D eigenvalue weighted by atomic mass is 10.0. The minimum atomic E-state index is -0.584. The van der Waals surface area contributed by atoms with Gasteiger partial charge in [-0.25, -0.2) is 4.98 Å². The summed E-state index contributed by atoms with van der Waals surface area (Å²) in [6.45, 7) is 1.64. The number of carbonyl (C=O) groups excluding carboxylic acids is 1. The SMILES string of the molecule is NC(=O)c1cn(CC(O)CCCc2ccccc2OCCOCc2ccc(Cl)c(Cl)c2)cn1. The Bertz CT molecular complexity index is 1060. The predicted octanol–water partition coefficient (Wildman–Crippen LogP) is 4.27. The zero-order valence-electron chi connectivity index (χ0n) is 18.1. The topological polar surface area (TPSA) is 99.6 Å². The second-order valence-corrected chi connectivity index (χ2v) is 8.44. The van der Waals surface area contributed by atoms with Gasteiger partial charge in [-0.2, -0.15) is 0 Å². The van der Waals surface area contributed by atoms with E-state index in [2.05, 4.69) is 4.98 Å². The van der Waals surface area contributed by atoms with Gasteiger partial charge >= 0.3 is 0 Å². The third-order valence-electron chi connectivity index (χ3n) is 5.00. The fraction of sp³-hybridized carbons (Fsp3) is 0.333. The smallest absolute Gasteiger partial charge is 0.268 e. The average Bonchev–Trinajstić information content (AvgIpc) is 3.25. The zero-order chi connectivity index (χ0) is 23.6. The van der Waals surface area contributed by atoms with Crippen LogP contribution in [0.2, 0.25) is 10.0 Å². The molecule has 0 spiro atoms. The maximum absolute atomic E-state index is 11.1. The number of ether oxygens (including phenoxy) is 2. The second kappa shape index (κ2) is 12.6. The lowest BCUT2D eigenvalue weighted by Gasteiger charge is -2.14. The van der Waals surface area contributed by atoms with Crippen molar-refractivity contribution in [2.75, 3.05) is 13.2 Å². The molecular weight excluding hydrogens is 465 g/mol. The number of imidazole rings is 1. The maximum Gasteiger partial charge on any atom is 0.268 e. The average molecular weight is 492 g/mol. The van der Waals surface area contributed by atoms with E-state index in [1.807, 2.05) is 30.3 Å². The molecule has 0 saturated heterocycles. The molecule has 33 heavy (non-hydrogen) atoms. The van der Waals surface area contributed by atoms with Gasteiger partial charge in [0.1, 0.15) is 18.1 Å². The van der Waals surface area contributed by atoms with Crippen molar-refractivity contribution >= 4 is 29.1 Å². The monoisotopic (exact) mass is 491 g/mol. The number of hydrogen-bond donors (Lipinski definition) is 2. The van der Waals surface area contributed by atoms with Crippen molar-refractivity contribution in [1.82, 2.24) is 9.55 Å². The summed E-state index contributed by atoms with van der Waals surface area (Å²) in [7, 11) is 0. The normalized spacial score (nSPS) is 12.0. The number of nitrogens with zero attached hydrogens (tertiary/aromatic N) is 2. The van der Waals surface area contributed by atoms with Crippen LogP contribution < -0.4 is 10.5 Å². The molecule has 0 aliphatic heterocycles. The molecule has 3 N–H and O–H groups in total. The van der Waals surface area contributed by atoms with E-state index in [1.54, 1.807) is 16.7 Å². The van der Waals surface area contributed by atoms with E-state index >= 15 is 0 Å². The molecule has 9 heteroatoms. The third-order valence-corrected chi connectivity index (χ3v) is 5.74. The zero-order valence-corrected chi connectivity index (χ0v) is 19.6. The Morgan fingerprint density at radius 3 is 2.73 bits per heavy atom. The molecular formula is C24H27Cl2N3O4. The van der Waals surface area contributed by atoms with Crippen LogP contribution in [-0.4, -0.2) is 39.9 Å². The number of aliphatic hydroxyl groups is 1. The number of halogens is 2. The molecule has 176 valence electrons. The highest BCUT2D eigenvalue weighted by Crippen LogP contribution is 2.23. The Morgan fingerprint density at radius 2 is 1.97 bits per heavy atom. The van der Waals surface area contributed by atoms with Crippen LogP contribution in [0.3, 0.4) is 0 Å². The first-order chi connectivity index (χ1) is 15.9. The number of carbonyl (C=O) groups is 1. The molecule has 0 bridgehead atoms. The van der Waals surface area contributed by atoms with Gasteiger partial charge in [0.15, 0.2) is 0 Å². The quantitative estimate of drug-likeness (QED) is 0.347. The van der Waals surface area contributed by atoms with Crippen molar-refractivity contribution in [3.8, 4) is 5.75 Å². The lowest BCUT2D eigenvalue weighted by Crippen LogP contribution is -2.16. The van der Waals surface area contributed by atoms with Crippen LogP contribution in [0.25, 0.3) is 0 Å². The molecule has 0 saturated carbocycles. The number of primary amides is 1. The van der Waals surface area contributed by atoms with Gasteiger partial charge in [-0.3, -0.25) is 4.79 Å². The van der Waals surface area contributed by atoms with Gasteiger partial charge in [0.25, 0.3) is 5.91 Å². The fourth-order valence-electron chi connectivity index (χ4n) is 3.33. The number of aliphatic hydroxyl groups excluding tert-OH is 1. The minimum Gasteiger partial charge on any atom is -0.491 e. The van der Waals surface area contributed by atoms with E-state index in [0.717, 1.165) is 29.7 Å². The Hall–Kier alpha value is -2.58. The summed E-state index contributed by atoms with van der Waals surface area (Å²) in [5.41, 5.74) is 7.41. The first kappa shape index (κ1) is 25.1. The van der Waals surface area contributed by atoms with Gasteiger partial charge in [0.2, 0.25) is 0 Å². The molecule has 1 unspecified atom stereocenters. The molecule has 3 rings (SSSR count). The molecule has 3 aromatic rings. The van der Waals surface area contributed by atoms with Gasteiger partial charge in [-0.05, 0) is 48.6 Å². The van der Waals surface area contributed by atoms with Crippen molar-refractivity contribution in [3.63, 3.8) is 0 Å². The van der Waals surface area contributed by atoms with Crippen molar-refractivity contribution in [2.45, 2.75) is 38.5 Å². The third kappa shape index (κ3) is 8.05. The molecule has 0 aliphatic carbocycles. The maximum atomic E-state index is 11.1. The van der Waals surface area contributed by atoms with E-state index in [-0.39, 0.29) is 5.69 Å². The second-order valence-electron chi connectivity index (χ2n) is 7.62.